The number of fused-ring (bicyclic) bond motifs is 1. The summed E-state index contributed by atoms with van der Waals surface area (Å²) in [7, 11) is -4.04. The average molecular weight is 544 g/mol. The molecule has 0 atom stereocenters. The van der Waals surface area contributed by atoms with Crippen LogP contribution in [0.25, 0.3) is 33.5 Å². The minimum absolute atomic E-state index is 0.0185. The summed E-state index contributed by atoms with van der Waals surface area (Å²) >= 11 is 0. The molecule has 1 amide bonds. The molecule has 0 saturated carbocycles. The van der Waals surface area contributed by atoms with Crippen molar-refractivity contribution in [3.63, 3.8) is 0 Å². The number of aromatic nitrogens is 2. The number of benzene rings is 5. The van der Waals surface area contributed by atoms with Crippen LogP contribution < -0.4 is 4.72 Å². The van der Waals surface area contributed by atoms with Gasteiger partial charge in [-0.1, -0.05) is 109 Å². The Bertz CT molecular complexity index is 1900. The lowest BCUT2D eigenvalue weighted by atomic mass is 10.0. The molecular weight excluding hydrogens is 518 g/mol. The maximum Gasteiger partial charge on any atom is 0.267 e. The highest BCUT2D eigenvalue weighted by atomic mass is 32.2. The largest absolute Gasteiger partial charge is 0.319 e. The van der Waals surface area contributed by atoms with Gasteiger partial charge in [0, 0.05) is 12.1 Å². The van der Waals surface area contributed by atoms with E-state index in [0.717, 1.165) is 27.8 Å². The quantitative estimate of drug-likeness (QED) is 0.248. The molecule has 0 aliphatic heterocycles. The molecule has 0 spiro atoms. The molecule has 6 nitrogen and oxygen atoms in total. The normalized spacial score (nSPS) is 11.4. The Morgan fingerprint density at radius 3 is 1.88 bits per heavy atom. The smallest absolute Gasteiger partial charge is 0.267 e. The summed E-state index contributed by atoms with van der Waals surface area (Å²) in [4.78, 5) is 18.2. The van der Waals surface area contributed by atoms with Gasteiger partial charge in [-0.25, -0.2) is 18.1 Å². The van der Waals surface area contributed by atoms with E-state index in [-0.39, 0.29) is 10.5 Å². The number of hydrogen-bond donors (Lipinski definition) is 1. The molecule has 7 heteroatoms. The standard InChI is InChI=1S/C33H25N3O3S/c37-33(35-40(38,39)28-15-8-3-9-16-28)29-17-10-18-30-31(29)34-32(27-13-6-2-7-14-27)36(30)23-24-19-21-26(22-20-24)25-11-4-1-5-12-25/h1-22H,23H2,(H,35,37). The van der Waals surface area contributed by atoms with Gasteiger partial charge in [-0.05, 0) is 41.0 Å². The maximum atomic E-state index is 13.3. The maximum absolute atomic E-state index is 13.3. The SMILES string of the molecule is O=C(NS(=O)(=O)c1ccccc1)c1cccc2c1nc(-c1ccccc1)n2Cc1ccc(-c2ccccc2)cc1. The van der Waals surface area contributed by atoms with Gasteiger partial charge in [0.25, 0.3) is 15.9 Å². The summed E-state index contributed by atoms with van der Waals surface area (Å²) in [5.41, 5.74) is 5.58. The summed E-state index contributed by atoms with van der Waals surface area (Å²) in [5, 5.41) is 0. The van der Waals surface area contributed by atoms with Crippen molar-refractivity contribution in [3.05, 3.63) is 145 Å². The van der Waals surface area contributed by atoms with Crippen molar-refractivity contribution in [1.29, 1.82) is 0 Å². The van der Waals surface area contributed by atoms with Crippen molar-refractivity contribution in [2.75, 3.05) is 0 Å². The molecule has 1 N–H and O–H groups in total. The average Bonchev–Trinajstić information content (AvgIpc) is 3.37. The molecule has 40 heavy (non-hydrogen) atoms. The van der Waals surface area contributed by atoms with E-state index in [2.05, 4.69) is 45.7 Å². The highest BCUT2D eigenvalue weighted by molar-refractivity contribution is 7.90. The Kier molecular flexibility index (Phi) is 6.72. The fourth-order valence-electron chi connectivity index (χ4n) is 4.75. The summed E-state index contributed by atoms with van der Waals surface area (Å²) in [6.45, 7) is 0.517. The van der Waals surface area contributed by atoms with Crippen LogP contribution in [-0.2, 0) is 16.6 Å². The molecule has 0 fully saturated rings. The van der Waals surface area contributed by atoms with Crippen LogP contribution in [0.4, 0.5) is 0 Å². The molecule has 5 aromatic carbocycles. The number of sulfonamides is 1. The Morgan fingerprint density at radius 1 is 0.650 bits per heavy atom. The van der Waals surface area contributed by atoms with E-state index in [1.54, 1.807) is 30.3 Å². The van der Waals surface area contributed by atoms with E-state index in [0.29, 0.717) is 17.9 Å². The second-order valence-electron chi connectivity index (χ2n) is 9.37. The molecule has 1 aromatic heterocycles. The molecular formula is C33H25N3O3S. The van der Waals surface area contributed by atoms with Gasteiger partial charge in [-0.15, -0.1) is 0 Å². The summed E-state index contributed by atoms with van der Waals surface area (Å²) in [6.07, 6.45) is 0. The van der Waals surface area contributed by atoms with Crippen molar-refractivity contribution in [3.8, 4) is 22.5 Å². The van der Waals surface area contributed by atoms with Gasteiger partial charge >= 0.3 is 0 Å². The number of hydrogen-bond acceptors (Lipinski definition) is 4. The molecule has 6 aromatic rings. The van der Waals surface area contributed by atoms with Gasteiger partial charge < -0.3 is 4.57 Å². The number of nitrogens with zero attached hydrogens (tertiary/aromatic N) is 2. The van der Waals surface area contributed by atoms with Crippen LogP contribution in [0, 0.1) is 0 Å². The zero-order chi connectivity index (χ0) is 27.5. The lowest BCUT2D eigenvalue weighted by Gasteiger charge is -2.11. The van der Waals surface area contributed by atoms with Crippen LogP contribution in [0.2, 0.25) is 0 Å². The van der Waals surface area contributed by atoms with Crippen LogP contribution in [0.15, 0.2) is 138 Å². The van der Waals surface area contributed by atoms with Gasteiger partial charge in [-0.2, -0.15) is 0 Å². The first-order valence-corrected chi connectivity index (χ1v) is 14.3. The van der Waals surface area contributed by atoms with Crippen molar-refractivity contribution in [2.45, 2.75) is 11.4 Å². The fourth-order valence-corrected chi connectivity index (χ4v) is 5.74. The third-order valence-electron chi connectivity index (χ3n) is 6.74. The first kappa shape index (κ1) is 25.3. The van der Waals surface area contributed by atoms with Gasteiger partial charge in [0.1, 0.15) is 11.3 Å². The Morgan fingerprint density at radius 2 is 1.23 bits per heavy atom. The molecule has 6 rings (SSSR count). The summed E-state index contributed by atoms with van der Waals surface area (Å²) < 4.78 is 30.0. The highest BCUT2D eigenvalue weighted by Gasteiger charge is 2.23. The van der Waals surface area contributed by atoms with E-state index in [9.17, 15) is 13.2 Å². The van der Waals surface area contributed by atoms with Crippen LogP contribution in [0.5, 0.6) is 0 Å². The lowest BCUT2D eigenvalue weighted by molar-refractivity contribution is 0.0983. The topological polar surface area (TPSA) is 81.1 Å². The minimum Gasteiger partial charge on any atom is -0.319 e. The van der Waals surface area contributed by atoms with Crippen molar-refractivity contribution in [1.82, 2.24) is 14.3 Å². The second-order valence-corrected chi connectivity index (χ2v) is 11.1. The summed E-state index contributed by atoms with van der Waals surface area (Å²) in [6, 6.07) is 41.4. The minimum atomic E-state index is -4.04. The fraction of sp³-hybridized carbons (Fsp3) is 0.0303. The summed E-state index contributed by atoms with van der Waals surface area (Å²) in [5.74, 6) is -0.0418. The van der Waals surface area contributed by atoms with Crippen LogP contribution in [-0.4, -0.2) is 23.9 Å². The van der Waals surface area contributed by atoms with Crippen LogP contribution in [0.3, 0.4) is 0 Å². The van der Waals surface area contributed by atoms with E-state index >= 15 is 0 Å². The predicted molar refractivity (Wildman–Crippen MR) is 157 cm³/mol. The number of nitrogens with one attached hydrogen (secondary N) is 1. The van der Waals surface area contributed by atoms with E-state index in [1.807, 2.05) is 54.6 Å². The third-order valence-corrected chi connectivity index (χ3v) is 8.08. The first-order chi connectivity index (χ1) is 19.5. The van der Waals surface area contributed by atoms with E-state index < -0.39 is 15.9 Å². The number of imidazole rings is 1. The van der Waals surface area contributed by atoms with Gasteiger partial charge in [0.15, 0.2) is 0 Å². The molecule has 196 valence electrons. The van der Waals surface area contributed by atoms with Gasteiger partial charge in [0.05, 0.1) is 16.0 Å². The molecule has 0 bridgehead atoms. The second kappa shape index (κ2) is 10.6. The molecule has 0 unspecified atom stereocenters. The highest BCUT2D eigenvalue weighted by Crippen LogP contribution is 2.29. The molecule has 0 saturated heterocycles. The van der Waals surface area contributed by atoms with Crippen LogP contribution in [0.1, 0.15) is 15.9 Å². The third kappa shape index (κ3) is 5.02. The Hall–Kier alpha value is -5.01. The monoisotopic (exact) mass is 543 g/mol. The molecule has 0 aliphatic carbocycles. The first-order valence-electron chi connectivity index (χ1n) is 12.8. The zero-order valence-electron chi connectivity index (χ0n) is 21.4. The Labute approximate surface area is 232 Å². The molecule has 0 aliphatic rings. The zero-order valence-corrected chi connectivity index (χ0v) is 22.3. The van der Waals surface area contributed by atoms with Crippen LogP contribution >= 0.6 is 0 Å². The number of amides is 1. The lowest BCUT2D eigenvalue weighted by Crippen LogP contribution is -2.30. The van der Waals surface area contributed by atoms with E-state index in [1.165, 1.54) is 12.1 Å². The van der Waals surface area contributed by atoms with Gasteiger partial charge in [-0.3, -0.25) is 4.79 Å². The number of carbonyl (C=O) groups is 1. The van der Waals surface area contributed by atoms with Crippen molar-refractivity contribution < 1.29 is 13.2 Å². The van der Waals surface area contributed by atoms with Crippen molar-refractivity contribution >= 4 is 27.0 Å². The van der Waals surface area contributed by atoms with E-state index in [4.69, 9.17) is 4.98 Å². The predicted octanol–water partition coefficient (Wildman–Crippen LogP) is 6.54. The molecule has 1 heterocycles. The number of para-hydroxylation sites is 1. The van der Waals surface area contributed by atoms with Gasteiger partial charge in [0.2, 0.25) is 0 Å². The molecule has 0 radical (unpaired) electrons. The Balaban J connectivity index is 1.40. The van der Waals surface area contributed by atoms with Crippen molar-refractivity contribution in [2.24, 2.45) is 0 Å². The number of carbonyl (C=O) groups excluding carboxylic acids is 1. The number of rotatable bonds is 7.